The Morgan fingerprint density at radius 3 is 1.87 bits per heavy atom. The molecule has 166 valence electrons. The van der Waals surface area contributed by atoms with Gasteiger partial charge in [0.15, 0.2) is 0 Å². The minimum Gasteiger partial charge on any atom is -0.494 e. The van der Waals surface area contributed by atoms with E-state index in [0.29, 0.717) is 29.2 Å². The lowest BCUT2D eigenvalue weighted by Gasteiger charge is -2.10. The second kappa shape index (κ2) is 12.4. The maximum atomic E-state index is 12.2. The Labute approximate surface area is 183 Å². The number of anilines is 1. The van der Waals surface area contributed by atoms with Crippen LogP contribution >= 0.6 is 0 Å². The monoisotopic (exact) mass is 425 g/mol. The number of unbranched alkanes of at least 4 members (excludes halogenated alkanes) is 3. The number of benzene rings is 2. The van der Waals surface area contributed by atoms with Gasteiger partial charge in [-0.25, -0.2) is 0 Å². The van der Waals surface area contributed by atoms with E-state index in [4.69, 9.17) is 4.74 Å². The molecule has 0 aliphatic heterocycles. The lowest BCUT2D eigenvalue weighted by Crippen LogP contribution is -2.41. The third-order valence-electron chi connectivity index (χ3n) is 4.61. The van der Waals surface area contributed by atoms with Crippen LogP contribution in [0, 0.1) is 5.92 Å². The molecule has 0 radical (unpaired) electrons. The largest absolute Gasteiger partial charge is 0.494 e. The van der Waals surface area contributed by atoms with E-state index >= 15 is 0 Å². The van der Waals surface area contributed by atoms with Gasteiger partial charge in [-0.2, -0.15) is 0 Å². The average molecular weight is 426 g/mol. The fourth-order valence-corrected chi connectivity index (χ4v) is 2.67. The normalized spacial score (nSPS) is 10.5. The third-order valence-corrected chi connectivity index (χ3v) is 4.61. The van der Waals surface area contributed by atoms with E-state index in [-0.39, 0.29) is 11.8 Å². The molecule has 3 amide bonds. The van der Waals surface area contributed by atoms with Gasteiger partial charge in [0.05, 0.1) is 6.61 Å². The number of hydrogen-bond donors (Lipinski definition) is 3. The Morgan fingerprint density at radius 2 is 1.35 bits per heavy atom. The first-order valence-corrected chi connectivity index (χ1v) is 10.6. The zero-order chi connectivity index (χ0) is 22.6. The summed E-state index contributed by atoms with van der Waals surface area (Å²) in [5.41, 5.74) is 6.15. The molecule has 0 spiro atoms. The van der Waals surface area contributed by atoms with Gasteiger partial charge < -0.3 is 10.1 Å². The van der Waals surface area contributed by atoms with Crippen molar-refractivity contribution in [2.45, 2.75) is 46.5 Å². The van der Waals surface area contributed by atoms with E-state index in [1.807, 2.05) is 0 Å². The summed E-state index contributed by atoms with van der Waals surface area (Å²) in [5, 5.41) is 2.75. The van der Waals surface area contributed by atoms with E-state index in [1.165, 1.54) is 12.8 Å². The van der Waals surface area contributed by atoms with Crippen LogP contribution in [0.1, 0.15) is 67.2 Å². The van der Waals surface area contributed by atoms with Crippen LogP contribution in [-0.4, -0.2) is 24.3 Å². The van der Waals surface area contributed by atoms with Crippen LogP contribution in [0.2, 0.25) is 0 Å². The summed E-state index contributed by atoms with van der Waals surface area (Å²) in [7, 11) is 0. The summed E-state index contributed by atoms with van der Waals surface area (Å²) in [5.74, 6) is -0.408. The molecule has 3 N–H and O–H groups in total. The molecular formula is C24H31N3O4. The van der Waals surface area contributed by atoms with Gasteiger partial charge in [-0.3, -0.25) is 25.2 Å². The fraction of sp³-hybridized carbons (Fsp3) is 0.375. The first-order valence-electron chi connectivity index (χ1n) is 10.6. The summed E-state index contributed by atoms with van der Waals surface area (Å²) in [6.45, 7) is 6.42. The summed E-state index contributed by atoms with van der Waals surface area (Å²) in [6, 6.07) is 13.2. The predicted octanol–water partition coefficient (Wildman–Crippen LogP) is 4.32. The number of carbonyl (C=O) groups excluding carboxylic acids is 3. The van der Waals surface area contributed by atoms with Crippen LogP contribution in [0.3, 0.4) is 0 Å². The zero-order valence-corrected chi connectivity index (χ0v) is 18.4. The quantitative estimate of drug-likeness (QED) is 0.390. The van der Waals surface area contributed by atoms with Gasteiger partial charge >= 0.3 is 0 Å². The minimum atomic E-state index is -0.456. The second-order valence-electron chi connectivity index (χ2n) is 7.56. The van der Waals surface area contributed by atoms with Crippen molar-refractivity contribution in [1.29, 1.82) is 0 Å². The summed E-state index contributed by atoms with van der Waals surface area (Å²) in [6.07, 6.45) is 4.54. The van der Waals surface area contributed by atoms with Crippen LogP contribution in [0.25, 0.3) is 0 Å². The topological polar surface area (TPSA) is 96.5 Å². The molecule has 0 bridgehead atoms. The van der Waals surface area contributed by atoms with Crippen molar-refractivity contribution in [3.05, 3.63) is 59.7 Å². The lowest BCUT2D eigenvalue weighted by molar-refractivity contribution is -0.118. The maximum absolute atomic E-state index is 12.2. The zero-order valence-electron chi connectivity index (χ0n) is 18.4. The molecule has 0 aliphatic rings. The highest BCUT2D eigenvalue weighted by atomic mass is 16.5. The van der Waals surface area contributed by atoms with Gasteiger partial charge in [0.1, 0.15) is 5.75 Å². The molecule has 2 aromatic carbocycles. The molecule has 7 nitrogen and oxygen atoms in total. The molecule has 0 aliphatic carbocycles. The highest BCUT2D eigenvalue weighted by molar-refractivity contribution is 5.99. The molecule has 0 aromatic heterocycles. The number of carbonyl (C=O) groups is 3. The highest BCUT2D eigenvalue weighted by Gasteiger charge is 2.11. The molecule has 0 fully saturated rings. The Hall–Kier alpha value is -3.35. The van der Waals surface area contributed by atoms with E-state index in [2.05, 4.69) is 23.1 Å². The van der Waals surface area contributed by atoms with E-state index in [1.54, 1.807) is 62.4 Å². The maximum Gasteiger partial charge on any atom is 0.269 e. The molecule has 2 rings (SSSR count). The number of nitrogens with one attached hydrogen (secondary N) is 3. The molecular weight excluding hydrogens is 394 g/mol. The van der Waals surface area contributed by atoms with Gasteiger partial charge in [0.25, 0.3) is 11.8 Å². The van der Waals surface area contributed by atoms with Crippen molar-refractivity contribution in [2.75, 3.05) is 11.9 Å². The first kappa shape index (κ1) is 23.9. The Balaban J connectivity index is 1.79. The van der Waals surface area contributed by atoms with E-state index < -0.39 is 11.8 Å². The third kappa shape index (κ3) is 8.12. The van der Waals surface area contributed by atoms with Crippen LogP contribution in [0.5, 0.6) is 5.75 Å². The van der Waals surface area contributed by atoms with Crippen molar-refractivity contribution in [3.8, 4) is 5.75 Å². The lowest BCUT2D eigenvalue weighted by atomic mass is 10.1. The van der Waals surface area contributed by atoms with Gasteiger partial charge in [-0.05, 0) is 55.0 Å². The summed E-state index contributed by atoms with van der Waals surface area (Å²) >= 11 is 0. The van der Waals surface area contributed by atoms with Crippen LogP contribution in [0.15, 0.2) is 48.5 Å². The number of hydrogen-bond acceptors (Lipinski definition) is 4. The van der Waals surface area contributed by atoms with Crippen LogP contribution in [0.4, 0.5) is 5.69 Å². The fourth-order valence-electron chi connectivity index (χ4n) is 2.67. The Kier molecular flexibility index (Phi) is 9.55. The number of amides is 3. The Bertz CT molecular complexity index is 861. The molecule has 0 atom stereocenters. The minimum absolute atomic E-state index is 0.0997. The van der Waals surface area contributed by atoms with Crippen LogP contribution in [-0.2, 0) is 4.79 Å². The first-order chi connectivity index (χ1) is 14.9. The van der Waals surface area contributed by atoms with E-state index in [9.17, 15) is 14.4 Å². The molecule has 0 saturated carbocycles. The molecule has 0 unspecified atom stereocenters. The summed E-state index contributed by atoms with van der Waals surface area (Å²) in [4.78, 5) is 36.2. The standard InChI is InChI=1S/C24H31N3O4/c1-4-5-6-7-16-31-21-14-10-19(11-15-21)24(30)27-26-23(29)18-8-12-20(13-9-18)25-22(28)17(2)3/h8-15,17H,4-7,16H2,1-3H3,(H,25,28)(H,26,29)(H,27,30). The predicted molar refractivity (Wildman–Crippen MR) is 121 cm³/mol. The van der Waals surface area contributed by atoms with Gasteiger partial charge in [0, 0.05) is 22.7 Å². The molecule has 0 saturated heterocycles. The number of rotatable bonds is 10. The van der Waals surface area contributed by atoms with Crippen molar-refractivity contribution in [3.63, 3.8) is 0 Å². The second-order valence-corrected chi connectivity index (χ2v) is 7.56. The van der Waals surface area contributed by atoms with Gasteiger partial charge in [-0.15, -0.1) is 0 Å². The smallest absolute Gasteiger partial charge is 0.269 e. The number of ether oxygens (including phenoxy) is 1. The molecule has 0 heterocycles. The highest BCUT2D eigenvalue weighted by Crippen LogP contribution is 2.13. The van der Waals surface area contributed by atoms with Gasteiger partial charge in [0.2, 0.25) is 5.91 Å². The SMILES string of the molecule is CCCCCCOc1ccc(C(=O)NNC(=O)c2ccc(NC(=O)C(C)C)cc2)cc1. The van der Waals surface area contributed by atoms with Crippen LogP contribution < -0.4 is 20.9 Å². The van der Waals surface area contributed by atoms with Crippen molar-refractivity contribution >= 4 is 23.4 Å². The van der Waals surface area contributed by atoms with Crippen molar-refractivity contribution in [1.82, 2.24) is 10.9 Å². The molecule has 31 heavy (non-hydrogen) atoms. The average Bonchev–Trinajstić information content (AvgIpc) is 2.78. The molecule has 7 heteroatoms. The number of hydrazine groups is 1. The molecule has 2 aromatic rings. The van der Waals surface area contributed by atoms with Gasteiger partial charge in [-0.1, -0.05) is 40.0 Å². The Morgan fingerprint density at radius 1 is 0.806 bits per heavy atom. The van der Waals surface area contributed by atoms with Crippen molar-refractivity contribution in [2.24, 2.45) is 5.92 Å². The van der Waals surface area contributed by atoms with E-state index in [0.717, 1.165) is 12.8 Å². The summed E-state index contributed by atoms with van der Waals surface area (Å²) < 4.78 is 5.66. The van der Waals surface area contributed by atoms with Crippen molar-refractivity contribution < 1.29 is 19.1 Å².